The molecule has 20 heavy (non-hydrogen) atoms. The normalized spacial score (nSPS) is 10.4. The first-order valence-electron chi connectivity index (χ1n) is 6.04. The third-order valence-electron chi connectivity index (χ3n) is 2.54. The predicted octanol–water partition coefficient (Wildman–Crippen LogP) is 3.35. The van der Waals surface area contributed by atoms with Crippen LogP contribution < -0.4 is 5.32 Å². The van der Waals surface area contributed by atoms with Crippen molar-refractivity contribution >= 4 is 34.6 Å². The third kappa shape index (κ3) is 4.17. The molecular weight excluding hydrogens is 296 g/mol. The van der Waals surface area contributed by atoms with Gasteiger partial charge in [0, 0.05) is 29.4 Å². The van der Waals surface area contributed by atoms with Crippen LogP contribution in [0.15, 0.2) is 28.2 Å². The Morgan fingerprint density at radius 3 is 3.00 bits per heavy atom. The van der Waals surface area contributed by atoms with Crippen LogP contribution in [0.5, 0.6) is 0 Å². The van der Waals surface area contributed by atoms with Crippen molar-refractivity contribution in [2.45, 2.75) is 17.7 Å². The van der Waals surface area contributed by atoms with Gasteiger partial charge in [-0.1, -0.05) is 11.8 Å². The molecule has 8 heteroatoms. The summed E-state index contributed by atoms with van der Waals surface area (Å²) in [4.78, 5) is 18.5. The lowest BCUT2D eigenvalue weighted by Gasteiger charge is -2.05. The third-order valence-corrected chi connectivity index (χ3v) is 4.59. The van der Waals surface area contributed by atoms with E-state index < -0.39 is 4.92 Å². The van der Waals surface area contributed by atoms with E-state index in [1.54, 1.807) is 42.3 Å². The summed E-state index contributed by atoms with van der Waals surface area (Å²) in [5.41, 5.74) is 0.666. The zero-order valence-corrected chi connectivity index (χ0v) is 12.5. The van der Waals surface area contributed by atoms with Crippen molar-refractivity contribution < 1.29 is 4.92 Å². The maximum Gasteiger partial charge on any atom is 0.290 e. The first-order valence-corrected chi connectivity index (χ1v) is 7.90. The van der Waals surface area contributed by atoms with Crippen LogP contribution in [-0.2, 0) is 0 Å². The van der Waals surface area contributed by atoms with Crippen LogP contribution in [0.3, 0.4) is 0 Å². The lowest BCUT2D eigenvalue weighted by Crippen LogP contribution is -2.05. The Morgan fingerprint density at radius 2 is 2.35 bits per heavy atom. The van der Waals surface area contributed by atoms with Crippen LogP contribution in [0.4, 0.5) is 11.5 Å². The van der Waals surface area contributed by atoms with E-state index >= 15 is 0 Å². The second-order valence-corrected chi connectivity index (χ2v) is 6.28. The maximum atomic E-state index is 10.7. The van der Waals surface area contributed by atoms with Gasteiger partial charge < -0.3 is 5.32 Å². The van der Waals surface area contributed by atoms with Crippen molar-refractivity contribution in [2.75, 3.05) is 17.6 Å². The minimum atomic E-state index is -0.420. The summed E-state index contributed by atoms with van der Waals surface area (Å²) < 4.78 is 1.08. The molecule has 0 aliphatic carbocycles. The van der Waals surface area contributed by atoms with Crippen molar-refractivity contribution in [1.82, 2.24) is 9.97 Å². The Labute approximate surface area is 124 Å². The molecular formula is C12H14N4O2S2. The molecule has 6 nitrogen and oxygen atoms in total. The fraction of sp³-hybridized carbons (Fsp3) is 0.333. The Kier molecular flexibility index (Phi) is 5.31. The minimum Gasteiger partial charge on any atom is -0.370 e. The Balaban J connectivity index is 1.74. The van der Waals surface area contributed by atoms with Crippen molar-refractivity contribution in [3.8, 4) is 0 Å². The highest BCUT2D eigenvalue weighted by Crippen LogP contribution is 2.21. The van der Waals surface area contributed by atoms with Gasteiger partial charge in [-0.25, -0.2) is 9.97 Å². The zero-order chi connectivity index (χ0) is 14.4. The lowest BCUT2D eigenvalue weighted by molar-refractivity contribution is -0.385. The minimum absolute atomic E-state index is 0.0508. The van der Waals surface area contributed by atoms with Gasteiger partial charge in [0.25, 0.3) is 5.69 Å². The van der Waals surface area contributed by atoms with Crippen LogP contribution in [0.25, 0.3) is 0 Å². The molecule has 2 aromatic rings. The molecule has 0 saturated heterocycles. The SMILES string of the molecule is Cc1cc(NCCCSc2nccs2)ncc1[N+](=O)[O-]. The highest BCUT2D eigenvalue weighted by molar-refractivity contribution is 8.00. The summed E-state index contributed by atoms with van der Waals surface area (Å²) in [5, 5.41) is 15.8. The maximum absolute atomic E-state index is 10.7. The van der Waals surface area contributed by atoms with E-state index in [9.17, 15) is 10.1 Å². The highest BCUT2D eigenvalue weighted by atomic mass is 32.2. The van der Waals surface area contributed by atoms with E-state index in [-0.39, 0.29) is 5.69 Å². The number of thiazole rings is 1. The standard InChI is InChI=1S/C12H14N4O2S2/c1-9-7-11(15-8-10(9)16(17)18)13-3-2-5-19-12-14-4-6-20-12/h4,6-8H,2-3,5H2,1H3,(H,13,15). The van der Waals surface area contributed by atoms with Crippen LogP contribution in [0.1, 0.15) is 12.0 Å². The molecule has 0 unspecified atom stereocenters. The van der Waals surface area contributed by atoms with Gasteiger partial charge in [0.15, 0.2) is 0 Å². The smallest absolute Gasteiger partial charge is 0.290 e. The summed E-state index contributed by atoms with van der Waals surface area (Å²) in [7, 11) is 0. The van der Waals surface area contributed by atoms with Gasteiger partial charge in [-0.05, 0) is 19.4 Å². The lowest BCUT2D eigenvalue weighted by atomic mass is 10.2. The number of nitro groups is 1. The second-order valence-electron chi connectivity index (χ2n) is 4.04. The Bertz CT molecular complexity index is 575. The Morgan fingerprint density at radius 1 is 1.50 bits per heavy atom. The molecule has 2 aromatic heterocycles. The molecule has 2 rings (SSSR count). The number of thioether (sulfide) groups is 1. The van der Waals surface area contributed by atoms with Gasteiger partial charge in [0.2, 0.25) is 0 Å². The van der Waals surface area contributed by atoms with E-state index in [2.05, 4.69) is 15.3 Å². The molecule has 1 N–H and O–H groups in total. The largest absolute Gasteiger partial charge is 0.370 e. The summed E-state index contributed by atoms with van der Waals surface area (Å²) >= 11 is 3.37. The van der Waals surface area contributed by atoms with Crippen LogP contribution in [0.2, 0.25) is 0 Å². The number of rotatable bonds is 7. The molecule has 0 atom stereocenters. The average molecular weight is 310 g/mol. The fourth-order valence-electron chi connectivity index (χ4n) is 1.57. The molecule has 0 radical (unpaired) electrons. The summed E-state index contributed by atoms with van der Waals surface area (Å²) in [6.45, 7) is 2.49. The van der Waals surface area contributed by atoms with Crippen molar-refractivity contribution in [2.24, 2.45) is 0 Å². The molecule has 0 aromatic carbocycles. The number of anilines is 1. The highest BCUT2D eigenvalue weighted by Gasteiger charge is 2.10. The number of hydrogen-bond donors (Lipinski definition) is 1. The van der Waals surface area contributed by atoms with Crippen molar-refractivity contribution in [3.63, 3.8) is 0 Å². The molecule has 0 aliphatic heterocycles. The number of aromatic nitrogens is 2. The summed E-state index contributed by atoms with van der Waals surface area (Å²) in [5.74, 6) is 1.65. The van der Waals surface area contributed by atoms with Crippen molar-refractivity contribution in [3.05, 3.63) is 39.5 Å². The molecule has 0 amide bonds. The van der Waals surface area contributed by atoms with Gasteiger partial charge in [-0.3, -0.25) is 10.1 Å². The van der Waals surface area contributed by atoms with E-state index in [1.165, 1.54) is 6.20 Å². The van der Waals surface area contributed by atoms with E-state index in [0.29, 0.717) is 11.4 Å². The van der Waals surface area contributed by atoms with Gasteiger partial charge in [0.05, 0.1) is 4.92 Å². The van der Waals surface area contributed by atoms with Gasteiger partial charge in [0.1, 0.15) is 16.4 Å². The molecule has 0 bridgehead atoms. The molecule has 0 aliphatic rings. The topological polar surface area (TPSA) is 81.0 Å². The van der Waals surface area contributed by atoms with E-state index in [0.717, 1.165) is 23.1 Å². The van der Waals surface area contributed by atoms with Gasteiger partial charge in [-0.15, -0.1) is 11.3 Å². The fourth-order valence-corrected chi connectivity index (χ4v) is 3.21. The number of nitrogens with zero attached hydrogens (tertiary/aromatic N) is 3. The van der Waals surface area contributed by atoms with Crippen LogP contribution >= 0.6 is 23.1 Å². The average Bonchev–Trinajstić information content (AvgIpc) is 2.91. The predicted molar refractivity (Wildman–Crippen MR) is 81.6 cm³/mol. The number of pyridine rings is 1. The van der Waals surface area contributed by atoms with E-state index in [4.69, 9.17) is 0 Å². The van der Waals surface area contributed by atoms with Gasteiger partial charge in [-0.2, -0.15) is 0 Å². The van der Waals surface area contributed by atoms with Crippen molar-refractivity contribution in [1.29, 1.82) is 0 Å². The molecule has 0 saturated carbocycles. The Hall–Kier alpha value is -1.67. The molecule has 0 spiro atoms. The second kappa shape index (κ2) is 7.20. The zero-order valence-electron chi connectivity index (χ0n) is 10.9. The van der Waals surface area contributed by atoms with Gasteiger partial charge >= 0.3 is 0 Å². The molecule has 106 valence electrons. The van der Waals surface area contributed by atoms with Crippen LogP contribution in [-0.4, -0.2) is 27.2 Å². The van der Waals surface area contributed by atoms with Crippen LogP contribution in [0, 0.1) is 17.0 Å². The summed E-state index contributed by atoms with van der Waals surface area (Å²) in [6, 6.07) is 1.70. The monoisotopic (exact) mass is 310 g/mol. The number of hydrogen-bond acceptors (Lipinski definition) is 7. The molecule has 0 fully saturated rings. The summed E-state index contributed by atoms with van der Waals surface area (Å²) in [6.07, 6.45) is 4.07. The number of aryl methyl sites for hydroxylation is 1. The quantitative estimate of drug-likeness (QED) is 0.365. The molecule has 2 heterocycles. The first-order chi connectivity index (χ1) is 9.66. The first kappa shape index (κ1) is 14.7. The van der Waals surface area contributed by atoms with E-state index in [1.807, 2.05) is 5.38 Å². The number of nitrogens with one attached hydrogen (secondary N) is 1.